The summed E-state index contributed by atoms with van der Waals surface area (Å²) < 4.78 is 0. The molecule has 2 heteroatoms. The highest BCUT2D eigenvalue weighted by Crippen LogP contribution is 2.09. The van der Waals surface area contributed by atoms with E-state index < -0.39 is 0 Å². The van der Waals surface area contributed by atoms with Crippen LogP contribution in [-0.4, -0.2) is 23.0 Å². The second kappa shape index (κ2) is 3.86. The van der Waals surface area contributed by atoms with Crippen LogP contribution < -0.4 is 0 Å². The van der Waals surface area contributed by atoms with E-state index in [1.165, 1.54) is 18.4 Å². The Balaban J connectivity index is 2.47. The summed E-state index contributed by atoms with van der Waals surface area (Å²) in [5.74, 6) is 0. The van der Waals surface area contributed by atoms with Crippen molar-refractivity contribution in [1.82, 2.24) is 4.90 Å². The maximum absolute atomic E-state index is 5.24. The van der Waals surface area contributed by atoms with Crippen LogP contribution in [0.2, 0.25) is 0 Å². The molecule has 0 aliphatic carbocycles. The predicted octanol–water partition coefficient (Wildman–Crippen LogP) is 2.38. The van der Waals surface area contributed by atoms with E-state index in [1.807, 2.05) is 0 Å². The second-order valence-electron chi connectivity index (χ2n) is 3.25. The minimum atomic E-state index is 1.02. The molecule has 0 N–H and O–H groups in total. The standard InChI is InChI=1S/C9H15NS/c1-8(2)7-9(11)10-5-3-4-6-10/h7H,3-6H2,1-2H3. The summed E-state index contributed by atoms with van der Waals surface area (Å²) in [7, 11) is 0. The Morgan fingerprint density at radius 3 is 2.27 bits per heavy atom. The summed E-state index contributed by atoms with van der Waals surface area (Å²) in [5, 5.41) is 0. The van der Waals surface area contributed by atoms with Crippen LogP contribution in [-0.2, 0) is 0 Å². The first-order chi connectivity index (χ1) is 5.20. The van der Waals surface area contributed by atoms with E-state index in [-0.39, 0.29) is 0 Å². The molecule has 1 aliphatic rings. The topological polar surface area (TPSA) is 3.24 Å². The van der Waals surface area contributed by atoms with Crippen LogP contribution >= 0.6 is 12.2 Å². The number of nitrogens with zero attached hydrogens (tertiary/aromatic N) is 1. The van der Waals surface area contributed by atoms with E-state index in [1.54, 1.807) is 0 Å². The van der Waals surface area contributed by atoms with Gasteiger partial charge in [0, 0.05) is 13.1 Å². The zero-order valence-corrected chi connectivity index (χ0v) is 8.08. The molecule has 1 heterocycles. The first-order valence-corrected chi connectivity index (χ1v) is 4.55. The van der Waals surface area contributed by atoms with Gasteiger partial charge < -0.3 is 4.90 Å². The molecule has 0 amide bonds. The fourth-order valence-corrected chi connectivity index (χ4v) is 1.69. The largest absolute Gasteiger partial charge is 0.363 e. The fraction of sp³-hybridized carbons (Fsp3) is 0.667. The molecule has 1 saturated heterocycles. The van der Waals surface area contributed by atoms with Crippen molar-refractivity contribution in [2.24, 2.45) is 0 Å². The summed E-state index contributed by atoms with van der Waals surface area (Å²) in [6, 6.07) is 0. The number of hydrogen-bond donors (Lipinski definition) is 0. The predicted molar refractivity (Wildman–Crippen MR) is 52.8 cm³/mol. The molecule has 0 saturated carbocycles. The lowest BCUT2D eigenvalue weighted by atomic mass is 10.3. The first-order valence-electron chi connectivity index (χ1n) is 4.14. The van der Waals surface area contributed by atoms with Gasteiger partial charge in [0.05, 0.1) is 0 Å². The lowest BCUT2D eigenvalue weighted by molar-refractivity contribution is 0.532. The molecule has 0 aromatic carbocycles. The molecule has 0 aromatic heterocycles. The molecule has 0 bridgehead atoms. The van der Waals surface area contributed by atoms with Crippen molar-refractivity contribution >= 4 is 17.2 Å². The Labute approximate surface area is 74.1 Å². The molecule has 62 valence electrons. The van der Waals surface area contributed by atoms with E-state index in [9.17, 15) is 0 Å². The summed E-state index contributed by atoms with van der Waals surface area (Å²) >= 11 is 5.24. The lowest BCUT2D eigenvalue weighted by Crippen LogP contribution is -2.24. The van der Waals surface area contributed by atoms with E-state index in [0.29, 0.717) is 0 Å². The number of rotatable bonds is 1. The highest BCUT2D eigenvalue weighted by atomic mass is 32.1. The fourth-order valence-electron chi connectivity index (χ4n) is 1.28. The third-order valence-corrected chi connectivity index (χ3v) is 2.21. The van der Waals surface area contributed by atoms with E-state index in [4.69, 9.17) is 12.2 Å². The number of hydrogen-bond acceptors (Lipinski definition) is 1. The maximum atomic E-state index is 5.24. The van der Waals surface area contributed by atoms with E-state index in [0.717, 1.165) is 18.1 Å². The van der Waals surface area contributed by atoms with Gasteiger partial charge in [0.2, 0.25) is 0 Å². The van der Waals surface area contributed by atoms with Crippen LogP contribution in [0.5, 0.6) is 0 Å². The first kappa shape index (κ1) is 8.72. The van der Waals surface area contributed by atoms with Crippen molar-refractivity contribution in [3.8, 4) is 0 Å². The van der Waals surface area contributed by atoms with Crippen molar-refractivity contribution in [3.05, 3.63) is 11.6 Å². The van der Waals surface area contributed by atoms with Gasteiger partial charge in [-0.25, -0.2) is 0 Å². The van der Waals surface area contributed by atoms with Crippen molar-refractivity contribution in [1.29, 1.82) is 0 Å². The van der Waals surface area contributed by atoms with E-state index in [2.05, 4.69) is 24.8 Å². The van der Waals surface area contributed by atoms with E-state index >= 15 is 0 Å². The maximum Gasteiger partial charge on any atom is 0.101 e. The minimum Gasteiger partial charge on any atom is -0.363 e. The van der Waals surface area contributed by atoms with Crippen molar-refractivity contribution < 1.29 is 0 Å². The van der Waals surface area contributed by atoms with Crippen LogP contribution in [0.4, 0.5) is 0 Å². The van der Waals surface area contributed by atoms with Gasteiger partial charge in [-0.05, 0) is 32.8 Å². The van der Waals surface area contributed by atoms with Gasteiger partial charge in [-0.15, -0.1) is 0 Å². The monoisotopic (exact) mass is 169 g/mol. The van der Waals surface area contributed by atoms with Gasteiger partial charge in [-0.2, -0.15) is 0 Å². The molecule has 0 unspecified atom stereocenters. The quantitative estimate of drug-likeness (QED) is 0.438. The highest BCUT2D eigenvalue weighted by molar-refractivity contribution is 7.80. The molecule has 11 heavy (non-hydrogen) atoms. The summed E-state index contributed by atoms with van der Waals surface area (Å²) in [6.45, 7) is 6.48. The summed E-state index contributed by atoms with van der Waals surface area (Å²) in [4.78, 5) is 3.30. The summed E-state index contributed by atoms with van der Waals surface area (Å²) in [6.07, 6.45) is 4.69. The highest BCUT2D eigenvalue weighted by Gasteiger charge is 2.12. The number of allylic oxidation sites excluding steroid dienone is 1. The van der Waals surface area contributed by atoms with Crippen molar-refractivity contribution in [3.63, 3.8) is 0 Å². The molecule has 0 aromatic rings. The Morgan fingerprint density at radius 2 is 1.82 bits per heavy atom. The van der Waals surface area contributed by atoms with Gasteiger partial charge in [0.1, 0.15) is 4.99 Å². The zero-order valence-electron chi connectivity index (χ0n) is 7.26. The molecule has 0 radical (unpaired) electrons. The minimum absolute atomic E-state index is 1.02. The van der Waals surface area contributed by atoms with Crippen molar-refractivity contribution in [2.75, 3.05) is 13.1 Å². The van der Waals surface area contributed by atoms with Gasteiger partial charge in [-0.3, -0.25) is 0 Å². The molecular formula is C9H15NS. The van der Waals surface area contributed by atoms with Gasteiger partial charge in [0.25, 0.3) is 0 Å². The van der Waals surface area contributed by atoms with Gasteiger partial charge >= 0.3 is 0 Å². The van der Waals surface area contributed by atoms with Crippen LogP contribution in [0.3, 0.4) is 0 Å². The molecule has 0 spiro atoms. The third kappa shape index (κ3) is 2.62. The normalized spacial score (nSPS) is 16.7. The molecular weight excluding hydrogens is 154 g/mol. The zero-order chi connectivity index (χ0) is 8.27. The van der Waals surface area contributed by atoms with Crippen LogP contribution in [0.25, 0.3) is 0 Å². The average molecular weight is 169 g/mol. The SMILES string of the molecule is CC(C)=CC(=S)N1CCCC1. The van der Waals surface area contributed by atoms with Crippen LogP contribution in [0.1, 0.15) is 26.7 Å². The molecule has 1 nitrogen and oxygen atoms in total. The molecule has 0 atom stereocenters. The van der Waals surface area contributed by atoms with Gasteiger partial charge in [-0.1, -0.05) is 17.8 Å². The molecule has 1 fully saturated rings. The molecule has 1 rings (SSSR count). The Hall–Kier alpha value is -0.370. The lowest BCUT2D eigenvalue weighted by Gasteiger charge is -2.15. The third-order valence-electron chi connectivity index (χ3n) is 1.83. The van der Waals surface area contributed by atoms with Crippen molar-refractivity contribution in [2.45, 2.75) is 26.7 Å². The number of likely N-dealkylation sites (tertiary alicyclic amines) is 1. The summed E-state index contributed by atoms with van der Waals surface area (Å²) in [5.41, 5.74) is 1.29. The average Bonchev–Trinajstić information content (AvgIpc) is 2.35. The second-order valence-corrected chi connectivity index (χ2v) is 3.67. The molecule has 1 aliphatic heterocycles. The Morgan fingerprint density at radius 1 is 1.27 bits per heavy atom. The Kier molecular flexibility index (Phi) is 3.06. The van der Waals surface area contributed by atoms with Crippen LogP contribution in [0.15, 0.2) is 11.6 Å². The number of thiocarbonyl (C=S) groups is 1. The van der Waals surface area contributed by atoms with Gasteiger partial charge in [0.15, 0.2) is 0 Å². The smallest absolute Gasteiger partial charge is 0.101 e. The van der Waals surface area contributed by atoms with Crippen LogP contribution in [0, 0.1) is 0 Å². The Bertz CT molecular complexity index is 174.